The molecule has 0 aromatic carbocycles. The molecule has 0 unspecified atom stereocenters. The van der Waals surface area contributed by atoms with Gasteiger partial charge in [0, 0.05) is 6.20 Å². The standard InChI is InChI=1S/C12H12N2O3S/c1-3-16-11(15)9-4-5-10(13-6-9)18-12-14-8(2)7-17-12/h4-7H,3H2,1-2H3. The lowest BCUT2D eigenvalue weighted by Gasteiger charge is -2.01. The van der Waals surface area contributed by atoms with E-state index in [0.717, 1.165) is 5.69 Å². The average Bonchev–Trinajstić information content (AvgIpc) is 2.76. The summed E-state index contributed by atoms with van der Waals surface area (Å²) in [6.07, 6.45) is 3.06. The Hall–Kier alpha value is -1.82. The Bertz CT molecular complexity index is 537. The minimum atomic E-state index is -0.367. The van der Waals surface area contributed by atoms with Crippen LogP contribution in [0.3, 0.4) is 0 Å². The molecule has 0 atom stereocenters. The Balaban J connectivity index is 2.05. The molecule has 2 heterocycles. The molecular weight excluding hydrogens is 252 g/mol. The third kappa shape index (κ3) is 3.10. The lowest BCUT2D eigenvalue weighted by atomic mass is 10.3. The van der Waals surface area contributed by atoms with E-state index in [9.17, 15) is 4.79 Å². The number of oxazole rings is 1. The molecule has 0 aliphatic carbocycles. The van der Waals surface area contributed by atoms with E-state index in [4.69, 9.17) is 9.15 Å². The Morgan fingerprint density at radius 3 is 2.89 bits per heavy atom. The van der Waals surface area contributed by atoms with E-state index in [-0.39, 0.29) is 5.97 Å². The molecule has 0 bridgehead atoms. The fraction of sp³-hybridized carbons (Fsp3) is 0.250. The van der Waals surface area contributed by atoms with E-state index in [2.05, 4.69) is 9.97 Å². The van der Waals surface area contributed by atoms with Crippen LogP contribution in [0.4, 0.5) is 0 Å². The molecule has 18 heavy (non-hydrogen) atoms. The molecule has 2 aromatic heterocycles. The average molecular weight is 264 g/mol. The molecule has 0 aliphatic heterocycles. The van der Waals surface area contributed by atoms with Crippen molar-refractivity contribution >= 4 is 17.7 Å². The van der Waals surface area contributed by atoms with Gasteiger partial charge in [0.1, 0.15) is 11.3 Å². The molecule has 2 rings (SSSR count). The van der Waals surface area contributed by atoms with E-state index in [1.807, 2.05) is 6.92 Å². The number of esters is 1. The van der Waals surface area contributed by atoms with E-state index in [0.29, 0.717) is 22.4 Å². The summed E-state index contributed by atoms with van der Waals surface area (Å²) in [5.74, 6) is -0.367. The van der Waals surface area contributed by atoms with Gasteiger partial charge < -0.3 is 9.15 Å². The summed E-state index contributed by atoms with van der Waals surface area (Å²) in [4.78, 5) is 19.7. The van der Waals surface area contributed by atoms with Crippen molar-refractivity contribution in [3.63, 3.8) is 0 Å². The second-order valence-electron chi connectivity index (χ2n) is 3.46. The van der Waals surface area contributed by atoms with Crippen molar-refractivity contribution in [1.29, 1.82) is 0 Å². The van der Waals surface area contributed by atoms with E-state index in [1.165, 1.54) is 18.0 Å². The fourth-order valence-electron chi connectivity index (χ4n) is 1.24. The van der Waals surface area contributed by atoms with Gasteiger partial charge in [-0.15, -0.1) is 0 Å². The highest BCUT2D eigenvalue weighted by molar-refractivity contribution is 7.99. The third-order valence-electron chi connectivity index (χ3n) is 2.04. The smallest absolute Gasteiger partial charge is 0.339 e. The van der Waals surface area contributed by atoms with Crippen LogP contribution in [0.5, 0.6) is 0 Å². The second-order valence-corrected chi connectivity index (χ2v) is 4.43. The van der Waals surface area contributed by atoms with Crippen molar-refractivity contribution in [1.82, 2.24) is 9.97 Å². The second kappa shape index (κ2) is 5.68. The Kier molecular flexibility index (Phi) is 3.99. The Morgan fingerprint density at radius 1 is 1.50 bits per heavy atom. The van der Waals surface area contributed by atoms with Gasteiger partial charge in [0.2, 0.25) is 0 Å². The van der Waals surface area contributed by atoms with Crippen LogP contribution in [0, 0.1) is 6.92 Å². The van der Waals surface area contributed by atoms with Gasteiger partial charge in [-0.25, -0.2) is 14.8 Å². The molecule has 0 spiro atoms. The number of hydrogen-bond donors (Lipinski definition) is 0. The minimum absolute atomic E-state index is 0.352. The van der Waals surface area contributed by atoms with E-state index >= 15 is 0 Å². The van der Waals surface area contributed by atoms with E-state index in [1.54, 1.807) is 25.3 Å². The molecule has 94 valence electrons. The molecule has 0 aliphatic rings. The summed E-state index contributed by atoms with van der Waals surface area (Å²) in [5, 5.41) is 1.24. The van der Waals surface area contributed by atoms with Crippen molar-refractivity contribution in [2.75, 3.05) is 6.61 Å². The number of carbonyl (C=O) groups excluding carboxylic acids is 1. The van der Waals surface area contributed by atoms with Crippen molar-refractivity contribution in [3.8, 4) is 0 Å². The number of carbonyl (C=O) groups is 1. The maximum absolute atomic E-state index is 11.4. The number of hydrogen-bond acceptors (Lipinski definition) is 6. The first-order valence-corrected chi connectivity index (χ1v) is 6.24. The highest BCUT2D eigenvalue weighted by Crippen LogP contribution is 2.24. The van der Waals surface area contributed by atoms with Crippen LogP contribution < -0.4 is 0 Å². The van der Waals surface area contributed by atoms with Crippen LogP contribution in [0.1, 0.15) is 23.0 Å². The number of aromatic nitrogens is 2. The largest absolute Gasteiger partial charge is 0.462 e. The minimum Gasteiger partial charge on any atom is -0.462 e. The monoisotopic (exact) mass is 264 g/mol. The summed E-state index contributed by atoms with van der Waals surface area (Å²) < 4.78 is 10.1. The zero-order chi connectivity index (χ0) is 13.0. The van der Waals surface area contributed by atoms with Gasteiger partial charge in [-0.2, -0.15) is 0 Å². The quantitative estimate of drug-likeness (QED) is 0.791. The van der Waals surface area contributed by atoms with Gasteiger partial charge in [0.15, 0.2) is 0 Å². The predicted octanol–water partition coefficient (Wildman–Crippen LogP) is 2.71. The maximum atomic E-state index is 11.4. The van der Waals surface area contributed by atoms with Crippen LogP contribution in [0.15, 0.2) is 39.3 Å². The molecule has 2 aromatic rings. The van der Waals surface area contributed by atoms with Crippen LogP contribution in [0.2, 0.25) is 0 Å². The molecule has 6 heteroatoms. The van der Waals surface area contributed by atoms with Crippen LogP contribution in [-0.4, -0.2) is 22.5 Å². The topological polar surface area (TPSA) is 65.2 Å². The van der Waals surface area contributed by atoms with Gasteiger partial charge in [0.05, 0.1) is 17.9 Å². The molecular formula is C12H12N2O3S. The first kappa shape index (κ1) is 12.6. The summed E-state index contributed by atoms with van der Waals surface area (Å²) in [6, 6.07) is 3.40. The maximum Gasteiger partial charge on any atom is 0.339 e. The summed E-state index contributed by atoms with van der Waals surface area (Å²) >= 11 is 1.30. The van der Waals surface area contributed by atoms with Gasteiger partial charge in [-0.1, -0.05) is 0 Å². The fourth-order valence-corrected chi connectivity index (χ4v) is 1.95. The lowest BCUT2D eigenvalue weighted by Crippen LogP contribution is -2.04. The van der Waals surface area contributed by atoms with Crippen LogP contribution in [-0.2, 0) is 4.74 Å². The highest BCUT2D eigenvalue weighted by Gasteiger charge is 2.09. The molecule has 0 saturated carbocycles. The van der Waals surface area contributed by atoms with Crippen LogP contribution >= 0.6 is 11.8 Å². The number of rotatable bonds is 4. The normalized spacial score (nSPS) is 10.3. The van der Waals surface area contributed by atoms with Crippen LogP contribution in [0.25, 0.3) is 0 Å². The Morgan fingerprint density at radius 2 is 2.33 bits per heavy atom. The molecule has 0 saturated heterocycles. The summed E-state index contributed by atoms with van der Waals surface area (Å²) in [6.45, 7) is 3.97. The molecule has 0 radical (unpaired) electrons. The third-order valence-corrected chi connectivity index (χ3v) is 2.85. The first-order chi connectivity index (χ1) is 8.69. The van der Waals surface area contributed by atoms with Crippen molar-refractivity contribution in [2.45, 2.75) is 24.1 Å². The van der Waals surface area contributed by atoms with Gasteiger partial charge in [-0.05, 0) is 37.7 Å². The molecule has 5 nitrogen and oxygen atoms in total. The zero-order valence-corrected chi connectivity index (χ0v) is 10.9. The number of pyridine rings is 1. The highest BCUT2D eigenvalue weighted by atomic mass is 32.2. The predicted molar refractivity (Wildman–Crippen MR) is 65.6 cm³/mol. The van der Waals surface area contributed by atoms with Crippen molar-refractivity contribution < 1.29 is 13.9 Å². The zero-order valence-electron chi connectivity index (χ0n) is 10.0. The Labute approximate surface area is 109 Å². The van der Waals surface area contributed by atoms with Crippen molar-refractivity contribution in [2.24, 2.45) is 0 Å². The van der Waals surface area contributed by atoms with Crippen molar-refractivity contribution in [3.05, 3.63) is 35.9 Å². The van der Waals surface area contributed by atoms with Gasteiger partial charge in [0.25, 0.3) is 5.22 Å². The SMILES string of the molecule is CCOC(=O)c1ccc(Sc2nc(C)co2)nc1. The molecule has 0 amide bonds. The lowest BCUT2D eigenvalue weighted by molar-refractivity contribution is 0.0525. The number of nitrogens with zero attached hydrogens (tertiary/aromatic N) is 2. The van der Waals surface area contributed by atoms with Gasteiger partial charge >= 0.3 is 5.97 Å². The number of ether oxygens (including phenoxy) is 1. The van der Waals surface area contributed by atoms with E-state index < -0.39 is 0 Å². The molecule has 0 fully saturated rings. The summed E-state index contributed by atoms with van der Waals surface area (Å²) in [5.41, 5.74) is 1.26. The first-order valence-electron chi connectivity index (χ1n) is 5.42. The molecule has 0 N–H and O–H groups in total. The van der Waals surface area contributed by atoms with Gasteiger partial charge in [-0.3, -0.25) is 0 Å². The number of aryl methyl sites for hydroxylation is 1. The summed E-state index contributed by atoms with van der Waals surface area (Å²) in [7, 11) is 0.